The van der Waals surface area contributed by atoms with Crippen molar-refractivity contribution in [3.8, 4) is 5.75 Å². The number of nitrogens with one attached hydrogen (secondary N) is 1. The van der Waals surface area contributed by atoms with E-state index in [0.717, 1.165) is 17.7 Å². The van der Waals surface area contributed by atoms with E-state index in [1.807, 2.05) is 18.2 Å². The summed E-state index contributed by atoms with van der Waals surface area (Å²) < 4.78 is 5.45. The lowest BCUT2D eigenvalue weighted by Gasteiger charge is -2.21. The van der Waals surface area contributed by atoms with E-state index in [2.05, 4.69) is 5.32 Å². The van der Waals surface area contributed by atoms with Crippen molar-refractivity contribution in [3.63, 3.8) is 0 Å². The van der Waals surface area contributed by atoms with Crippen molar-refractivity contribution in [2.24, 2.45) is 0 Å². The smallest absolute Gasteiger partial charge is 0.325 e. The number of rotatable bonds is 5. The molecule has 1 atom stereocenters. The number of amides is 3. The summed E-state index contributed by atoms with van der Waals surface area (Å²) in [5, 5.41) is 12.8. The maximum absolute atomic E-state index is 12.4. The molecule has 3 amide bonds. The molecule has 1 aromatic carbocycles. The third-order valence-corrected chi connectivity index (χ3v) is 4.28. The van der Waals surface area contributed by atoms with Crippen LogP contribution in [0.3, 0.4) is 0 Å². The number of nitrogens with zero attached hydrogens (tertiary/aromatic N) is 1. The van der Waals surface area contributed by atoms with E-state index >= 15 is 0 Å². The standard InChI is InChI=1S/C16H20N2O4/c19-12(11-22-13-6-2-1-3-7-13)10-18-14(20)16(17-15(18)21)8-4-5-9-16/h1-3,6-7,12,19H,4-5,8-11H2,(H,17,21). The van der Waals surface area contributed by atoms with Crippen LogP contribution in [0.4, 0.5) is 4.79 Å². The average molecular weight is 304 g/mol. The number of β-amino-alcohol motifs (C(OH)–C–C–N with tert-alkyl or cyclic N) is 1. The highest BCUT2D eigenvalue weighted by Crippen LogP contribution is 2.35. The first-order valence-corrected chi connectivity index (χ1v) is 7.61. The number of hydrogen-bond donors (Lipinski definition) is 2. The van der Waals surface area contributed by atoms with Gasteiger partial charge in [0.05, 0.1) is 6.54 Å². The zero-order valence-electron chi connectivity index (χ0n) is 12.3. The van der Waals surface area contributed by atoms with Crippen molar-refractivity contribution in [2.75, 3.05) is 13.2 Å². The van der Waals surface area contributed by atoms with Crippen LogP contribution >= 0.6 is 0 Å². The SMILES string of the molecule is O=C1NC2(CCCC2)C(=O)N1CC(O)COc1ccccc1. The highest BCUT2D eigenvalue weighted by atomic mass is 16.5. The van der Waals surface area contributed by atoms with Crippen LogP contribution in [0, 0.1) is 0 Å². The predicted molar refractivity (Wildman–Crippen MR) is 79.4 cm³/mol. The average Bonchev–Trinajstić information content (AvgIpc) is 3.08. The van der Waals surface area contributed by atoms with Gasteiger partial charge in [-0.2, -0.15) is 0 Å². The molecule has 1 heterocycles. The number of carbonyl (C=O) groups is 2. The second-order valence-electron chi connectivity index (χ2n) is 5.91. The minimum atomic E-state index is -0.911. The van der Waals surface area contributed by atoms with E-state index in [0.29, 0.717) is 18.6 Å². The Morgan fingerprint density at radius 2 is 1.91 bits per heavy atom. The summed E-state index contributed by atoms with van der Waals surface area (Å²) in [5.41, 5.74) is -0.725. The lowest BCUT2D eigenvalue weighted by Crippen LogP contribution is -2.45. The number of carbonyl (C=O) groups excluding carboxylic acids is 2. The second kappa shape index (κ2) is 5.96. The third kappa shape index (κ3) is 2.78. The highest BCUT2D eigenvalue weighted by molar-refractivity contribution is 6.07. The minimum Gasteiger partial charge on any atom is -0.491 e. The molecular weight excluding hydrogens is 284 g/mol. The Hall–Kier alpha value is -2.08. The lowest BCUT2D eigenvalue weighted by molar-refractivity contribution is -0.132. The van der Waals surface area contributed by atoms with Crippen LogP contribution in [0.2, 0.25) is 0 Å². The number of urea groups is 1. The lowest BCUT2D eigenvalue weighted by atomic mass is 9.98. The number of ether oxygens (including phenoxy) is 1. The molecule has 1 spiro atoms. The van der Waals surface area contributed by atoms with Gasteiger partial charge in [0.1, 0.15) is 24.0 Å². The molecule has 1 unspecified atom stereocenters. The number of imide groups is 1. The molecule has 22 heavy (non-hydrogen) atoms. The number of benzene rings is 1. The van der Waals surface area contributed by atoms with Crippen molar-refractivity contribution in [1.82, 2.24) is 10.2 Å². The van der Waals surface area contributed by atoms with Gasteiger partial charge in [0.15, 0.2) is 0 Å². The Bertz CT molecular complexity index is 555. The van der Waals surface area contributed by atoms with Crippen LogP contribution in [0.25, 0.3) is 0 Å². The van der Waals surface area contributed by atoms with Gasteiger partial charge in [-0.1, -0.05) is 31.0 Å². The van der Waals surface area contributed by atoms with Gasteiger partial charge >= 0.3 is 6.03 Å². The molecule has 0 aromatic heterocycles. The van der Waals surface area contributed by atoms with Gasteiger partial charge in [0, 0.05) is 0 Å². The molecule has 6 nitrogen and oxygen atoms in total. The van der Waals surface area contributed by atoms with Gasteiger partial charge in [-0.25, -0.2) is 4.79 Å². The van der Waals surface area contributed by atoms with Gasteiger partial charge in [-0.15, -0.1) is 0 Å². The van der Waals surface area contributed by atoms with Gasteiger partial charge in [-0.05, 0) is 25.0 Å². The molecule has 3 rings (SSSR count). The molecule has 2 N–H and O–H groups in total. The van der Waals surface area contributed by atoms with Gasteiger partial charge in [-0.3, -0.25) is 9.69 Å². The molecule has 1 aliphatic heterocycles. The van der Waals surface area contributed by atoms with Crippen molar-refractivity contribution in [2.45, 2.75) is 37.3 Å². The number of aliphatic hydroxyl groups excluding tert-OH is 1. The number of para-hydroxylation sites is 1. The first kappa shape index (κ1) is 14.8. The van der Waals surface area contributed by atoms with Crippen LogP contribution in [-0.4, -0.2) is 46.7 Å². The van der Waals surface area contributed by atoms with Crippen LogP contribution in [-0.2, 0) is 4.79 Å². The molecule has 0 radical (unpaired) electrons. The van der Waals surface area contributed by atoms with E-state index < -0.39 is 17.7 Å². The van der Waals surface area contributed by atoms with E-state index in [9.17, 15) is 14.7 Å². The van der Waals surface area contributed by atoms with E-state index in [4.69, 9.17) is 4.74 Å². The molecular formula is C16H20N2O4. The summed E-state index contributed by atoms with van der Waals surface area (Å²) >= 11 is 0. The second-order valence-corrected chi connectivity index (χ2v) is 5.91. The first-order valence-electron chi connectivity index (χ1n) is 7.61. The molecule has 6 heteroatoms. The number of hydrogen-bond acceptors (Lipinski definition) is 4. The van der Waals surface area contributed by atoms with Crippen molar-refractivity contribution >= 4 is 11.9 Å². The van der Waals surface area contributed by atoms with E-state index in [1.165, 1.54) is 0 Å². The van der Waals surface area contributed by atoms with Crippen LogP contribution in [0.15, 0.2) is 30.3 Å². The third-order valence-electron chi connectivity index (χ3n) is 4.28. The Morgan fingerprint density at radius 1 is 1.23 bits per heavy atom. The zero-order valence-corrected chi connectivity index (χ0v) is 12.3. The molecule has 1 saturated heterocycles. The molecule has 1 saturated carbocycles. The zero-order chi connectivity index (χ0) is 15.6. The van der Waals surface area contributed by atoms with Crippen LogP contribution in [0.5, 0.6) is 5.75 Å². The Labute approximate surface area is 129 Å². The predicted octanol–water partition coefficient (Wildman–Crippen LogP) is 1.29. The monoisotopic (exact) mass is 304 g/mol. The Morgan fingerprint density at radius 3 is 2.59 bits per heavy atom. The molecule has 2 fully saturated rings. The maximum atomic E-state index is 12.4. The van der Waals surface area contributed by atoms with Crippen LogP contribution < -0.4 is 10.1 Å². The van der Waals surface area contributed by atoms with Crippen molar-refractivity contribution in [3.05, 3.63) is 30.3 Å². The molecule has 1 aromatic rings. The molecule has 118 valence electrons. The molecule has 0 bridgehead atoms. The Balaban J connectivity index is 1.56. The van der Waals surface area contributed by atoms with Crippen molar-refractivity contribution < 1.29 is 19.4 Å². The fourth-order valence-electron chi connectivity index (χ4n) is 3.13. The summed E-state index contributed by atoms with van der Waals surface area (Å²) in [7, 11) is 0. The summed E-state index contributed by atoms with van der Waals surface area (Å²) in [6.45, 7) is -0.00662. The van der Waals surface area contributed by atoms with Crippen LogP contribution in [0.1, 0.15) is 25.7 Å². The van der Waals surface area contributed by atoms with Gasteiger partial charge in [0.2, 0.25) is 0 Å². The summed E-state index contributed by atoms with van der Waals surface area (Å²) in [5.74, 6) is 0.430. The fraction of sp³-hybridized carbons (Fsp3) is 0.500. The molecule has 1 aliphatic carbocycles. The topological polar surface area (TPSA) is 78.9 Å². The van der Waals surface area contributed by atoms with Gasteiger partial charge < -0.3 is 15.2 Å². The normalized spacial score (nSPS) is 21.2. The van der Waals surface area contributed by atoms with E-state index in [-0.39, 0.29) is 19.1 Å². The largest absolute Gasteiger partial charge is 0.491 e. The molecule has 2 aliphatic rings. The maximum Gasteiger partial charge on any atom is 0.325 e. The quantitative estimate of drug-likeness (QED) is 0.804. The summed E-state index contributed by atoms with van der Waals surface area (Å²) in [4.78, 5) is 25.6. The van der Waals surface area contributed by atoms with E-state index in [1.54, 1.807) is 12.1 Å². The fourth-order valence-corrected chi connectivity index (χ4v) is 3.13. The van der Waals surface area contributed by atoms with Crippen molar-refractivity contribution in [1.29, 1.82) is 0 Å². The first-order chi connectivity index (χ1) is 10.6. The summed E-state index contributed by atoms with van der Waals surface area (Å²) in [6, 6.07) is 8.71. The highest BCUT2D eigenvalue weighted by Gasteiger charge is 2.52. The summed E-state index contributed by atoms with van der Waals surface area (Å²) in [6.07, 6.45) is 2.35. The number of aliphatic hydroxyl groups is 1. The van der Waals surface area contributed by atoms with Gasteiger partial charge in [0.25, 0.3) is 5.91 Å². The Kier molecular flexibility index (Phi) is 4.02. The minimum absolute atomic E-state index is 0.0358.